The van der Waals surface area contributed by atoms with Crippen molar-refractivity contribution >= 4 is 23.7 Å². The van der Waals surface area contributed by atoms with Crippen molar-refractivity contribution < 1.29 is 24.3 Å². The van der Waals surface area contributed by atoms with Crippen LogP contribution in [0.1, 0.15) is 38.5 Å². The standard InChI is InChI=1S/C15H24N4O5/c16-12(20)6-5-10(18-13(21)9-3-1-7-17-9)14(22)19-8-2-4-11(19)15(23)24/h9-11,17H,1-8H2,(H2,16,20)(H,18,21)(H,23,24)/t9-,10-,11+/m0/s1. The van der Waals surface area contributed by atoms with Gasteiger partial charge in [-0.25, -0.2) is 4.79 Å². The molecule has 3 amide bonds. The second-order valence-electron chi connectivity index (χ2n) is 6.24. The van der Waals surface area contributed by atoms with Crippen LogP contribution in [0, 0.1) is 0 Å². The number of nitrogens with zero attached hydrogens (tertiary/aromatic N) is 1. The Balaban J connectivity index is 2.05. The molecule has 3 atom stereocenters. The van der Waals surface area contributed by atoms with Crippen LogP contribution in [-0.2, 0) is 19.2 Å². The van der Waals surface area contributed by atoms with Crippen LogP contribution in [0.4, 0.5) is 0 Å². The maximum atomic E-state index is 12.7. The van der Waals surface area contributed by atoms with Gasteiger partial charge in [-0.2, -0.15) is 0 Å². The largest absolute Gasteiger partial charge is 0.480 e. The molecule has 0 saturated carbocycles. The third-order valence-corrected chi connectivity index (χ3v) is 4.49. The summed E-state index contributed by atoms with van der Waals surface area (Å²) in [6.07, 6.45) is 2.57. The van der Waals surface area contributed by atoms with Gasteiger partial charge in [0.1, 0.15) is 12.1 Å². The summed E-state index contributed by atoms with van der Waals surface area (Å²) >= 11 is 0. The Morgan fingerprint density at radius 3 is 2.58 bits per heavy atom. The molecule has 2 heterocycles. The van der Waals surface area contributed by atoms with Crippen LogP contribution < -0.4 is 16.4 Å². The van der Waals surface area contributed by atoms with E-state index in [1.165, 1.54) is 4.90 Å². The van der Waals surface area contributed by atoms with Gasteiger partial charge in [-0.3, -0.25) is 14.4 Å². The highest BCUT2D eigenvalue weighted by Gasteiger charge is 2.38. The molecule has 2 fully saturated rings. The average Bonchev–Trinajstić information content (AvgIpc) is 3.20. The average molecular weight is 340 g/mol. The Hall–Kier alpha value is -2.16. The number of likely N-dealkylation sites (tertiary alicyclic amines) is 1. The van der Waals surface area contributed by atoms with Gasteiger partial charge in [-0.05, 0) is 38.6 Å². The number of aliphatic carboxylic acids is 1. The summed E-state index contributed by atoms with van der Waals surface area (Å²) < 4.78 is 0. The molecule has 0 aromatic heterocycles. The molecule has 5 N–H and O–H groups in total. The summed E-state index contributed by atoms with van der Waals surface area (Å²) in [5.74, 6) is -2.40. The lowest BCUT2D eigenvalue weighted by Crippen LogP contribution is -2.54. The molecule has 24 heavy (non-hydrogen) atoms. The van der Waals surface area contributed by atoms with Crippen molar-refractivity contribution in [2.45, 2.75) is 56.7 Å². The first-order valence-corrected chi connectivity index (χ1v) is 8.25. The van der Waals surface area contributed by atoms with Gasteiger partial charge in [0.25, 0.3) is 0 Å². The number of carbonyl (C=O) groups is 4. The number of amides is 3. The molecule has 0 aromatic carbocycles. The minimum Gasteiger partial charge on any atom is -0.480 e. The number of carbonyl (C=O) groups excluding carboxylic acids is 3. The van der Waals surface area contributed by atoms with Gasteiger partial charge in [-0.1, -0.05) is 0 Å². The molecular formula is C15H24N4O5. The molecule has 2 aliphatic heterocycles. The number of nitrogens with one attached hydrogen (secondary N) is 2. The van der Waals surface area contributed by atoms with E-state index in [9.17, 15) is 24.3 Å². The Kier molecular flexibility index (Phi) is 6.13. The minimum absolute atomic E-state index is 0.0552. The predicted octanol–water partition coefficient (Wildman–Crippen LogP) is -1.44. The molecule has 134 valence electrons. The zero-order valence-corrected chi connectivity index (χ0v) is 13.5. The summed E-state index contributed by atoms with van der Waals surface area (Å²) in [4.78, 5) is 48.5. The van der Waals surface area contributed by atoms with Crippen molar-refractivity contribution in [2.75, 3.05) is 13.1 Å². The first kappa shape index (κ1) is 18.2. The zero-order chi connectivity index (χ0) is 17.7. The van der Waals surface area contributed by atoms with Crippen LogP contribution in [0.5, 0.6) is 0 Å². The zero-order valence-electron chi connectivity index (χ0n) is 13.5. The van der Waals surface area contributed by atoms with Crippen molar-refractivity contribution in [3.8, 4) is 0 Å². The molecule has 9 heteroatoms. The number of hydrogen-bond donors (Lipinski definition) is 4. The lowest BCUT2D eigenvalue weighted by Gasteiger charge is -2.28. The summed E-state index contributed by atoms with van der Waals surface area (Å²) in [5, 5.41) is 14.9. The van der Waals surface area contributed by atoms with E-state index in [1.54, 1.807) is 0 Å². The summed E-state index contributed by atoms with van der Waals surface area (Å²) in [7, 11) is 0. The summed E-state index contributed by atoms with van der Waals surface area (Å²) in [6.45, 7) is 1.08. The lowest BCUT2D eigenvalue weighted by atomic mass is 10.1. The SMILES string of the molecule is NC(=O)CC[C@H](NC(=O)[C@@H]1CCCN1)C(=O)N1CCC[C@@H]1C(=O)O. The first-order chi connectivity index (χ1) is 11.4. The van der Waals surface area contributed by atoms with E-state index in [1.807, 2.05) is 0 Å². The summed E-state index contributed by atoms with van der Waals surface area (Å²) in [5.41, 5.74) is 5.14. The van der Waals surface area contributed by atoms with Crippen LogP contribution >= 0.6 is 0 Å². The monoisotopic (exact) mass is 340 g/mol. The number of primary amides is 1. The van der Waals surface area contributed by atoms with Crippen LogP contribution in [-0.4, -0.2) is 64.9 Å². The highest BCUT2D eigenvalue weighted by molar-refractivity contribution is 5.92. The Labute approximate surface area is 139 Å². The molecule has 9 nitrogen and oxygen atoms in total. The summed E-state index contributed by atoms with van der Waals surface area (Å²) in [6, 6.07) is -2.18. The van der Waals surface area contributed by atoms with Crippen LogP contribution in [0.15, 0.2) is 0 Å². The van der Waals surface area contributed by atoms with Gasteiger partial charge in [-0.15, -0.1) is 0 Å². The van der Waals surface area contributed by atoms with Crippen molar-refractivity contribution in [1.29, 1.82) is 0 Å². The highest BCUT2D eigenvalue weighted by Crippen LogP contribution is 2.19. The minimum atomic E-state index is -1.06. The molecule has 2 aliphatic rings. The molecular weight excluding hydrogens is 316 g/mol. The van der Waals surface area contributed by atoms with Crippen LogP contribution in [0.25, 0.3) is 0 Å². The van der Waals surface area contributed by atoms with Gasteiger partial charge < -0.3 is 26.4 Å². The second kappa shape index (κ2) is 8.09. The smallest absolute Gasteiger partial charge is 0.326 e. The van der Waals surface area contributed by atoms with E-state index in [4.69, 9.17) is 5.73 Å². The Morgan fingerprint density at radius 2 is 2.00 bits per heavy atom. The molecule has 0 bridgehead atoms. The third kappa shape index (κ3) is 4.44. The molecule has 2 saturated heterocycles. The molecule has 0 aliphatic carbocycles. The number of carboxylic acid groups (broad SMARTS) is 1. The fourth-order valence-corrected chi connectivity index (χ4v) is 3.21. The number of rotatable bonds is 7. The lowest BCUT2D eigenvalue weighted by molar-refractivity contribution is -0.149. The van der Waals surface area contributed by atoms with Gasteiger partial charge in [0, 0.05) is 13.0 Å². The second-order valence-corrected chi connectivity index (χ2v) is 6.24. The molecule has 2 rings (SSSR count). The number of hydrogen-bond acceptors (Lipinski definition) is 5. The van der Waals surface area contributed by atoms with E-state index < -0.39 is 29.9 Å². The van der Waals surface area contributed by atoms with Crippen molar-refractivity contribution in [2.24, 2.45) is 5.73 Å². The van der Waals surface area contributed by atoms with Crippen LogP contribution in [0.2, 0.25) is 0 Å². The van der Waals surface area contributed by atoms with Crippen molar-refractivity contribution in [3.05, 3.63) is 0 Å². The number of carboxylic acids is 1. The highest BCUT2D eigenvalue weighted by atomic mass is 16.4. The van der Waals surface area contributed by atoms with E-state index in [0.717, 1.165) is 13.0 Å². The third-order valence-electron chi connectivity index (χ3n) is 4.49. The molecule has 0 radical (unpaired) electrons. The molecule has 0 aromatic rings. The maximum absolute atomic E-state index is 12.7. The molecule has 0 spiro atoms. The maximum Gasteiger partial charge on any atom is 0.326 e. The van der Waals surface area contributed by atoms with Crippen molar-refractivity contribution in [1.82, 2.24) is 15.5 Å². The van der Waals surface area contributed by atoms with Crippen molar-refractivity contribution in [3.63, 3.8) is 0 Å². The predicted molar refractivity (Wildman–Crippen MR) is 83.8 cm³/mol. The topological polar surface area (TPSA) is 142 Å². The molecule has 0 unspecified atom stereocenters. The van der Waals surface area contributed by atoms with E-state index in [0.29, 0.717) is 25.8 Å². The fraction of sp³-hybridized carbons (Fsp3) is 0.733. The quantitative estimate of drug-likeness (QED) is 0.447. The first-order valence-electron chi connectivity index (χ1n) is 8.25. The Morgan fingerprint density at radius 1 is 1.25 bits per heavy atom. The van der Waals surface area contributed by atoms with E-state index >= 15 is 0 Å². The number of nitrogens with two attached hydrogens (primary N) is 1. The fourth-order valence-electron chi connectivity index (χ4n) is 3.21. The van der Waals surface area contributed by atoms with Crippen LogP contribution in [0.3, 0.4) is 0 Å². The van der Waals surface area contributed by atoms with Gasteiger partial charge >= 0.3 is 5.97 Å². The van der Waals surface area contributed by atoms with E-state index in [-0.39, 0.29) is 24.8 Å². The Bertz CT molecular complexity index is 518. The van der Waals surface area contributed by atoms with Gasteiger partial charge in [0.2, 0.25) is 17.7 Å². The van der Waals surface area contributed by atoms with E-state index in [2.05, 4.69) is 10.6 Å². The normalized spacial score (nSPS) is 24.6. The van der Waals surface area contributed by atoms with Gasteiger partial charge in [0.05, 0.1) is 6.04 Å². The van der Waals surface area contributed by atoms with Gasteiger partial charge in [0.15, 0.2) is 0 Å².